The van der Waals surface area contributed by atoms with E-state index in [0.717, 1.165) is 38.9 Å². The van der Waals surface area contributed by atoms with Gasteiger partial charge in [0.25, 0.3) is 0 Å². The molecule has 0 aliphatic carbocycles. The highest BCUT2D eigenvalue weighted by Gasteiger charge is 2.46. The van der Waals surface area contributed by atoms with Crippen LogP contribution in [0.4, 0.5) is 0 Å². The first-order valence-corrected chi connectivity index (χ1v) is 6.49. The van der Waals surface area contributed by atoms with Crippen LogP contribution in [0.3, 0.4) is 0 Å². The van der Waals surface area contributed by atoms with Crippen molar-refractivity contribution in [3.8, 4) is 0 Å². The van der Waals surface area contributed by atoms with Gasteiger partial charge in [-0.3, -0.25) is 4.79 Å². The third-order valence-corrected chi connectivity index (χ3v) is 4.11. The molecular formula is C13H24N2O. The summed E-state index contributed by atoms with van der Waals surface area (Å²) in [5, 5.41) is 3.36. The Morgan fingerprint density at radius 2 is 1.81 bits per heavy atom. The second-order valence-electron chi connectivity index (χ2n) is 6.26. The van der Waals surface area contributed by atoms with E-state index in [1.807, 2.05) is 0 Å². The van der Waals surface area contributed by atoms with Crippen LogP contribution in [-0.2, 0) is 4.79 Å². The van der Waals surface area contributed by atoms with E-state index in [2.05, 4.69) is 31.0 Å². The maximum atomic E-state index is 12.6. The molecule has 0 aromatic carbocycles. The molecule has 3 heteroatoms. The van der Waals surface area contributed by atoms with E-state index in [-0.39, 0.29) is 11.0 Å². The van der Waals surface area contributed by atoms with E-state index in [0.29, 0.717) is 5.91 Å². The molecule has 0 radical (unpaired) electrons. The standard InChI is InChI=1S/C13H24N2O/c1-12(2,3)15-10-4-5-13(11(15)16)6-8-14-9-7-13/h14H,4-10H2,1-3H3. The number of hydrogen-bond acceptors (Lipinski definition) is 2. The number of carbonyl (C=O) groups excluding carboxylic acids is 1. The highest BCUT2D eigenvalue weighted by atomic mass is 16.2. The van der Waals surface area contributed by atoms with Crippen molar-refractivity contribution in [2.24, 2.45) is 5.41 Å². The molecule has 1 N–H and O–H groups in total. The lowest BCUT2D eigenvalue weighted by Crippen LogP contribution is -2.58. The first-order chi connectivity index (χ1) is 7.46. The first kappa shape index (κ1) is 11.9. The molecule has 16 heavy (non-hydrogen) atoms. The van der Waals surface area contributed by atoms with Gasteiger partial charge in [0.05, 0.1) is 5.41 Å². The van der Waals surface area contributed by atoms with Crippen LogP contribution in [0, 0.1) is 5.41 Å². The second kappa shape index (κ2) is 4.02. The van der Waals surface area contributed by atoms with Crippen molar-refractivity contribution in [3.63, 3.8) is 0 Å². The zero-order chi connectivity index (χ0) is 11.8. The molecule has 2 fully saturated rings. The number of rotatable bonds is 0. The Kier molecular flexibility index (Phi) is 2.99. The Bertz CT molecular complexity index is 269. The van der Waals surface area contributed by atoms with Crippen LogP contribution in [-0.4, -0.2) is 36.0 Å². The Morgan fingerprint density at radius 3 is 2.38 bits per heavy atom. The van der Waals surface area contributed by atoms with Crippen molar-refractivity contribution in [3.05, 3.63) is 0 Å². The van der Waals surface area contributed by atoms with E-state index >= 15 is 0 Å². The zero-order valence-corrected chi connectivity index (χ0v) is 10.8. The fraction of sp³-hybridized carbons (Fsp3) is 0.923. The molecule has 2 aliphatic rings. The summed E-state index contributed by atoms with van der Waals surface area (Å²) in [4.78, 5) is 14.7. The van der Waals surface area contributed by atoms with E-state index in [1.54, 1.807) is 0 Å². The summed E-state index contributed by atoms with van der Waals surface area (Å²) in [6.45, 7) is 9.38. The molecule has 92 valence electrons. The molecule has 1 spiro atoms. The lowest BCUT2D eigenvalue weighted by Gasteiger charge is -2.48. The third kappa shape index (κ3) is 1.97. The minimum absolute atomic E-state index is 0.0185. The van der Waals surface area contributed by atoms with Crippen molar-refractivity contribution in [2.45, 2.75) is 52.0 Å². The van der Waals surface area contributed by atoms with Crippen LogP contribution in [0.2, 0.25) is 0 Å². The molecule has 0 aromatic heterocycles. The predicted octanol–water partition coefficient (Wildman–Crippen LogP) is 1.78. The number of nitrogens with one attached hydrogen (secondary N) is 1. The number of piperidine rings is 2. The van der Waals surface area contributed by atoms with Crippen LogP contribution in [0.15, 0.2) is 0 Å². The highest BCUT2D eigenvalue weighted by molar-refractivity contribution is 5.84. The van der Waals surface area contributed by atoms with Crippen molar-refractivity contribution >= 4 is 5.91 Å². The van der Waals surface area contributed by atoms with Gasteiger partial charge in [-0.2, -0.15) is 0 Å². The minimum atomic E-state index is -0.0310. The minimum Gasteiger partial charge on any atom is -0.337 e. The fourth-order valence-corrected chi connectivity index (χ4v) is 3.08. The highest BCUT2D eigenvalue weighted by Crippen LogP contribution is 2.41. The van der Waals surface area contributed by atoms with Gasteiger partial charge in [-0.1, -0.05) is 0 Å². The topological polar surface area (TPSA) is 32.3 Å². The Balaban J connectivity index is 2.19. The molecule has 0 bridgehead atoms. The van der Waals surface area contributed by atoms with Gasteiger partial charge >= 0.3 is 0 Å². The van der Waals surface area contributed by atoms with Gasteiger partial charge in [-0.15, -0.1) is 0 Å². The lowest BCUT2D eigenvalue weighted by molar-refractivity contribution is -0.154. The summed E-state index contributed by atoms with van der Waals surface area (Å²) in [5.74, 6) is 0.410. The van der Waals surface area contributed by atoms with E-state index in [9.17, 15) is 4.79 Å². The Hall–Kier alpha value is -0.570. The van der Waals surface area contributed by atoms with Gasteiger partial charge in [-0.05, 0) is 59.5 Å². The largest absolute Gasteiger partial charge is 0.337 e. The van der Waals surface area contributed by atoms with Crippen molar-refractivity contribution in [1.82, 2.24) is 10.2 Å². The van der Waals surface area contributed by atoms with Gasteiger partial charge in [0.2, 0.25) is 5.91 Å². The maximum Gasteiger partial charge on any atom is 0.229 e. The van der Waals surface area contributed by atoms with E-state index in [1.165, 1.54) is 6.42 Å². The monoisotopic (exact) mass is 224 g/mol. The molecule has 2 aliphatic heterocycles. The van der Waals surface area contributed by atoms with Crippen LogP contribution >= 0.6 is 0 Å². The quantitative estimate of drug-likeness (QED) is 0.680. The summed E-state index contributed by atoms with van der Waals surface area (Å²) in [7, 11) is 0. The SMILES string of the molecule is CC(C)(C)N1CCCC2(CCNCC2)C1=O. The average Bonchev–Trinajstić information content (AvgIpc) is 2.22. The van der Waals surface area contributed by atoms with E-state index < -0.39 is 0 Å². The summed E-state index contributed by atoms with van der Waals surface area (Å²) in [6, 6.07) is 0. The molecule has 1 amide bonds. The zero-order valence-electron chi connectivity index (χ0n) is 10.8. The normalized spacial score (nSPS) is 26.2. The molecule has 2 heterocycles. The first-order valence-electron chi connectivity index (χ1n) is 6.49. The molecule has 0 saturated carbocycles. The maximum absolute atomic E-state index is 12.6. The Labute approximate surface area is 98.6 Å². The van der Waals surface area contributed by atoms with Crippen molar-refractivity contribution in [1.29, 1.82) is 0 Å². The number of carbonyl (C=O) groups is 1. The van der Waals surface area contributed by atoms with Gasteiger partial charge < -0.3 is 10.2 Å². The van der Waals surface area contributed by atoms with Gasteiger partial charge in [-0.25, -0.2) is 0 Å². The Morgan fingerprint density at radius 1 is 1.19 bits per heavy atom. The van der Waals surface area contributed by atoms with Crippen LogP contribution < -0.4 is 5.32 Å². The predicted molar refractivity (Wildman–Crippen MR) is 65.2 cm³/mol. The summed E-state index contributed by atoms with van der Waals surface area (Å²) < 4.78 is 0. The fourth-order valence-electron chi connectivity index (χ4n) is 3.08. The van der Waals surface area contributed by atoms with E-state index in [4.69, 9.17) is 0 Å². The van der Waals surface area contributed by atoms with Crippen molar-refractivity contribution < 1.29 is 4.79 Å². The smallest absolute Gasteiger partial charge is 0.229 e. The summed E-state index contributed by atoms with van der Waals surface area (Å²) >= 11 is 0. The van der Waals surface area contributed by atoms with Gasteiger partial charge in [0, 0.05) is 12.1 Å². The summed E-state index contributed by atoms with van der Waals surface area (Å²) in [6.07, 6.45) is 4.32. The van der Waals surface area contributed by atoms with Crippen LogP contribution in [0.25, 0.3) is 0 Å². The van der Waals surface area contributed by atoms with Crippen LogP contribution in [0.5, 0.6) is 0 Å². The number of hydrogen-bond donors (Lipinski definition) is 1. The molecular weight excluding hydrogens is 200 g/mol. The summed E-state index contributed by atoms with van der Waals surface area (Å²) in [5.41, 5.74) is -0.0494. The number of nitrogens with zero attached hydrogens (tertiary/aromatic N) is 1. The van der Waals surface area contributed by atoms with Crippen molar-refractivity contribution in [2.75, 3.05) is 19.6 Å². The van der Waals surface area contributed by atoms with Gasteiger partial charge in [0.1, 0.15) is 0 Å². The average molecular weight is 224 g/mol. The molecule has 2 rings (SSSR count). The van der Waals surface area contributed by atoms with Crippen LogP contribution in [0.1, 0.15) is 46.5 Å². The third-order valence-electron chi connectivity index (χ3n) is 4.11. The molecule has 0 unspecified atom stereocenters. The lowest BCUT2D eigenvalue weighted by atomic mass is 9.71. The molecule has 2 saturated heterocycles. The molecule has 3 nitrogen and oxygen atoms in total. The number of likely N-dealkylation sites (tertiary alicyclic amines) is 1. The second-order valence-corrected chi connectivity index (χ2v) is 6.26. The van der Waals surface area contributed by atoms with Gasteiger partial charge in [0.15, 0.2) is 0 Å². The molecule has 0 aromatic rings. The molecule has 0 atom stereocenters. The number of amides is 1.